The van der Waals surface area contributed by atoms with Crippen molar-refractivity contribution in [1.82, 2.24) is 19.4 Å². The zero-order valence-electron chi connectivity index (χ0n) is 21.2. The molecule has 39 heavy (non-hydrogen) atoms. The number of nitrogens with zero attached hydrogens (tertiary/aromatic N) is 5. The summed E-state index contributed by atoms with van der Waals surface area (Å²) in [5.74, 6) is -0.804. The Balaban J connectivity index is 1.77. The zero-order valence-corrected chi connectivity index (χ0v) is 22.0. The standard InChI is InChI=1S/C29H27ClFN5O3/c1-4-25(37)27(17(3)31)19-15-24-20(14-22(19)30)28(35-12-10-34(11-13-35)26(38)5-2)33-29(39)36(24)23-8-9-32-16-21(23)18-6-7-18/h4-5,8-9,14-16,18,37H,1-3,6-7,10-13H2/b27-25-. The summed E-state index contributed by atoms with van der Waals surface area (Å²) in [5.41, 5.74) is 1.39. The van der Waals surface area contributed by atoms with Gasteiger partial charge in [-0.15, -0.1) is 0 Å². The summed E-state index contributed by atoms with van der Waals surface area (Å²) in [7, 11) is 0. The Kier molecular flexibility index (Phi) is 7.10. The van der Waals surface area contributed by atoms with Gasteiger partial charge in [0, 0.05) is 54.5 Å². The number of amides is 1. The van der Waals surface area contributed by atoms with Crippen LogP contribution >= 0.6 is 11.6 Å². The van der Waals surface area contributed by atoms with Gasteiger partial charge in [0.2, 0.25) is 5.91 Å². The molecule has 1 N–H and O–H groups in total. The molecule has 1 aliphatic carbocycles. The predicted octanol–water partition coefficient (Wildman–Crippen LogP) is 5.08. The lowest BCUT2D eigenvalue weighted by molar-refractivity contribution is -0.126. The molecule has 0 bridgehead atoms. The number of piperazine rings is 1. The van der Waals surface area contributed by atoms with Crippen molar-refractivity contribution >= 4 is 39.8 Å². The van der Waals surface area contributed by atoms with Crippen molar-refractivity contribution in [2.45, 2.75) is 18.8 Å². The Labute approximate surface area is 229 Å². The molecule has 2 aromatic heterocycles. The Morgan fingerprint density at radius 1 is 1.15 bits per heavy atom. The highest BCUT2D eigenvalue weighted by Gasteiger charge is 2.30. The van der Waals surface area contributed by atoms with Gasteiger partial charge in [-0.05, 0) is 54.7 Å². The molecule has 3 aromatic rings. The van der Waals surface area contributed by atoms with Crippen molar-refractivity contribution in [3.8, 4) is 5.69 Å². The van der Waals surface area contributed by atoms with Crippen molar-refractivity contribution < 1.29 is 14.3 Å². The number of fused-ring (bicyclic) bond motifs is 1. The van der Waals surface area contributed by atoms with Gasteiger partial charge in [-0.3, -0.25) is 14.3 Å². The van der Waals surface area contributed by atoms with Crippen molar-refractivity contribution in [1.29, 1.82) is 0 Å². The van der Waals surface area contributed by atoms with Crippen molar-refractivity contribution in [3.63, 3.8) is 0 Å². The summed E-state index contributed by atoms with van der Waals surface area (Å²) in [6.45, 7) is 12.2. The van der Waals surface area contributed by atoms with Gasteiger partial charge in [0.1, 0.15) is 17.4 Å². The molecule has 1 aromatic carbocycles. The number of aliphatic hydroxyl groups excluding tert-OH is 1. The van der Waals surface area contributed by atoms with Gasteiger partial charge in [0.05, 0.1) is 16.8 Å². The minimum absolute atomic E-state index is 0.135. The average molecular weight is 548 g/mol. The van der Waals surface area contributed by atoms with E-state index >= 15 is 0 Å². The van der Waals surface area contributed by atoms with Crippen LogP contribution in [0.1, 0.15) is 29.9 Å². The number of pyridine rings is 1. The van der Waals surface area contributed by atoms with Crippen LogP contribution in [0, 0.1) is 0 Å². The third-order valence-corrected chi connectivity index (χ3v) is 7.41. The van der Waals surface area contributed by atoms with E-state index in [1.54, 1.807) is 35.5 Å². The summed E-state index contributed by atoms with van der Waals surface area (Å²) >= 11 is 6.67. The summed E-state index contributed by atoms with van der Waals surface area (Å²) < 4.78 is 16.1. The average Bonchev–Trinajstić information content (AvgIpc) is 3.78. The van der Waals surface area contributed by atoms with Gasteiger partial charge in [-0.2, -0.15) is 4.98 Å². The third kappa shape index (κ3) is 4.85. The maximum Gasteiger partial charge on any atom is 0.354 e. The molecule has 3 heterocycles. The van der Waals surface area contributed by atoms with E-state index in [9.17, 15) is 19.1 Å². The summed E-state index contributed by atoms with van der Waals surface area (Å²) in [6, 6.07) is 4.94. The normalized spacial score (nSPS) is 16.2. The van der Waals surface area contributed by atoms with E-state index in [2.05, 4.69) is 29.7 Å². The van der Waals surface area contributed by atoms with E-state index in [0.29, 0.717) is 48.6 Å². The first-order valence-electron chi connectivity index (χ1n) is 12.5. The number of hydrogen-bond donors (Lipinski definition) is 1. The van der Waals surface area contributed by atoms with Crippen LogP contribution in [0.25, 0.3) is 22.2 Å². The highest BCUT2D eigenvalue weighted by Crippen LogP contribution is 2.43. The quantitative estimate of drug-likeness (QED) is 0.252. The molecule has 8 nitrogen and oxygen atoms in total. The Morgan fingerprint density at radius 3 is 2.49 bits per heavy atom. The van der Waals surface area contributed by atoms with Crippen LogP contribution < -0.4 is 10.6 Å². The molecule has 10 heteroatoms. The molecule has 0 radical (unpaired) electrons. The smallest absolute Gasteiger partial charge is 0.354 e. The lowest BCUT2D eigenvalue weighted by Gasteiger charge is -2.35. The van der Waals surface area contributed by atoms with Crippen LogP contribution in [0.4, 0.5) is 10.2 Å². The second kappa shape index (κ2) is 10.5. The molecule has 0 spiro atoms. The number of carbonyl (C=O) groups is 1. The number of benzene rings is 1. The molecule has 2 aliphatic rings. The van der Waals surface area contributed by atoms with Gasteiger partial charge in [-0.25, -0.2) is 9.18 Å². The lowest BCUT2D eigenvalue weighted by atomic mass is 10.0. The second-order valence-electron chi connectivity index (χ2n) is 9.50. The largest absolute Gasteiger partial charge is 0.507 e. The van der Waals surface area contributed by atoms with Crippen LogP contribution in [0.15, 0.2) is 78.9 Å². The van der Waals surface area contributed by atoms with Gasteiger partial charge >= 0.3 is 5.69 Å². The van der Waals surface area contributed by atoms with E-state index in [-0.39, 0.29) is 28.0 Å². The van der Waals surface area contributed by atoms with E-state index < -0.39 is 17.3 Å². The van der Waals surface area contributed by atoms with Gasteiger partial charge in [0.25, 0.3) is 0 Å². The Bertz CT molecular complexity index is 1620. The highest BCUT2D eigenvalue weighted by atomic mass is 35.5. The SMILES string of the molecule is C=CC(=O)N1CCN(c2nc(=O)n(-c3ccncc3C3CC3)c3cc(/C(C(=C)F)=C(\O)C=C)c(Cl)cc23)CC1. The predicted molar refractivity (Wildman–Crippen MR) is 151 cm³/mol. The molecule has 0 atom stereocenters. The van der Waals surface area contributed by atoms with E-state index in [0.717, 1.165) is 24.5 Å². The molecule has 1 saturated carbocycles. The lowest BCUT2D eigenvalue weighted by Crippen LogP contribution is -2.49. The number of anilines is 1. The molecular formula is C29H27ClFN5O3. The minimum Gasteiger partial charge on any atom is -0.507 e. The van der Waals surface area contributed by atoms with Gasteiger partial charge < -0.3 is 14.9 Å². The Morgan fingerprint density at radius 2 is 1.87 bits per heavy atom. The van der Waals surface area contributed by atoms with E-state index in [1.165, 1.54) is 10.6 Å². The molecule has 1 amide bonds. The molecule has 0 unspecified atom stereocenters. The summed E-state index contributed by atoms with van der Waals surface area (Å²) in [5, 5.41) is 11.1. The van der Waals surface area contributed by atoms with Crippen molar-refractivity contribution in [2.24, 2.45) is 0 Å². The first-order chi connectivity index (χ1) is 18.7. The number of hydrogen-bond acceptors (Lipinski definition) is 6. The fourth-order valence-electron chi connectivity index (χ4n) is 5.00. The molecule has 2 fully saturated rings. The monoisotopic (exact) mass is 547 g/mol. The number of aromatic nitrogens is 3. The number of halogens is 2. The second-order valence-corrected chi connectivity index (χ2v) is 9.90. The third-order valence-electron chi connectivity index (χ3n) is 7.10. The first-order valence-corrected chi connectivity index (χ1v) is 12.9. The number of rotatable bonds is 7. The highest BCUT2D eigenvalue weighted by molar-refractivity contribution is 6.33. The summed E-state index contributed by atoms with van der Waals surface area (Å²) in [4.78, 5) is 38.1. The van der Waals surface area contributed by atoms with Crippen molar-refractivity contribution in [3.05, 3.63) is 101 Å². The number of aliphatic hydroxyl groups is 1. The van der Waals surface area contributed by atoms with Crippen LogP contribution in [-0.2, 0) is 4.79 Å². The first kappa shape index (κ1) is 26.4. The minimum atomic E-state index is -0.901. The fourth-order valence-corrected chi connectivity index (χ4v) is 5.26. The van der Waals surface area contributed by atoms with Crippen molar-refractivity contribution in [2.75, 3.05) is 31.1 Å². The number of carbonyl (C=O) groups excluding carboxylic acids is 1. The van der Waals surface area contributed by atoms with Crippen LogP contribution in [0.2, 0.25) is 5.02 Å². The summed E-state index contributed by atoms with van der Waals surface area (Å²) in [6.07, 6.45) is 7.72. The Hall–Kier alpha value is -4.24. The number of allylic oxidation sites excluding steroid dienone is 3. The maximum atomic E-state index is 14.6. The van der Waals surface area contributed by atoms with Crippen LogP contribution in [0.5, 0.6) is 0 Å². The van der Waals surface area contributed by atoms with E-state index in [1.807, 2.05) is 4.90 Å². The van der Waals surface area contributed by atoms with Gasteiger partial charge in [-0.1, -0.05) is 31.3 Å². The topological polar surface area (TPSA) is 91.6 Å². The van der Waals surface area contributed by atoms with Gasteiger partial charge in [0.15, 0.2) is 0 Å². The molecule has 200 valence electrons. The zero-order chi connectivity index (χ0) is 27.8. The van der Waals surface area contributed by atoms with E-state index in [4.69, 9.17) is 11.6 Å². The van der Waals surface area contributed by atoms with Crippen LogP contribution in [-0.4, -0.2) is 56.6 Å². The maximum absolute atomic E-state index is 14.6. The molecule has 5 rings (SSSR count). The molecule has 1 aliphatic heterocycles. The fraction of sp³-hybridized carbons (Fsp3) is 0.241. The molecule has 1 saturated heterocycles. The van der Waals surface area contributed by atoms with Crippen LogP contribution in [0.3, 0.4) is 0 Å². The molecular weight excluding hydrogens is 521 g/mol.